The molecule has 1 unspecified atom stereocenters. The molecule has 0 aliphatic carbocycles. The molecular formula is C31H22ClFN2O. The van der Waals surface area contributed by atoms with E-state index in [4.69, 9.17) is 16.3 Å². The van der Waals surface area contributed by atoms with Gasteiger partial charge in [0.1, 0.15) is 17.6 Å². The number of aromatic nitrogens is 1. The maximum atomic E-state index is 14.7. The second-order valence-electron chi connectivity index (χ2n) is 9.32. The first-order valence-corrected chi connectivity index (χ1v) is 12.3. The van der Waals surface area contributed by atoms with Gasteiger partial charge in [0, 0.05) is 39.4 Å². The molecule has 0 fully saturated rings. The molecule has 1 aromatic heterocycles. The highest BCUT2D eigenvalue weighted by Crippen LogP contribution is 2.50. The summed E-state index contributed by atoms with van der Waals surface area (Å²) in [5.74, 6) is 0.557. The lowest BCUT2D eigenvalue weighted by molar-refractivity contribution is 0.415. The second-order valence-corrected chi connectivity index (χ2v) is 9.76. The van der Waals surface area contributed by atoms with Crippen LogP contribution in [0.15, 0.2) is 84.9 Å². The fourth-order valence-corrected chi connectivity index (χ4v) is 5.91. The van der Waals surface area contributed by atoms with Crippen LogP contribution in [0.5, 0.6) is 5.75 Å². The number of nitrogens with one attached hydrogen (secondary N) is 1. The van der Waals surface area contributed by atoms with Crippen molar-refractivity contribution in [1.29, 1.82) is 0 Å². The van der Waals surface area contributed by atoms with Gasteiger partial charge in [0.25, 0.3) is 0 Å². The Balaban J connectivity index is 1.60. The molecule has 0 saturated heterocycles. The minimum Gasteiger partial charge on any atom is -0.497 e. The van der Waals surface area contributed by atoms with E-state index >= 15 is 0 Å². The van der Waals surface area contributed by atoms with Gasteiger partial charge in [-0.2, -0.15) is 0 Å². The molecular weight excluding hydrogens is 471 g/mol. The number of rotatable bonds is 2. The van der Waals surface area contributed by atoms with Crippen molar-refractivity contribution in [1.82, 2.24) is 4.98 Å². The number of aromatic amines is 1. The number of H-pyrrole nitrogens is 1. The Kier molecular flexibility index (Phi) is 4.73. The summed E-state index contributed by atoms with van der Waals surface area (Å²) in [6, 6.07) is 27.4. The molecule has 0 saturated carbocycles. The summed E-state index contributed by atoms with van der Waals surface area (Å²) in [4.78, 5) is 6.04. The summed E-state index contributed by atoms with van der Waals surface area (Å²) in [5.41, 5.74) is 9.54. The molecule has 2 aliphatic heterocycles. The number of fused-ring (bicyclic) bond motifs is 9. The van der Waals surface area contributed by atoms with E-state index in [1.807, 2.05) is 42.5 Å². The first-order valence-electron chi connectivity index (χ1n) is 11.9. The normalized spacial score (nSPS) is 15.9. The fourth-order valence-electron chi connectivity index (χ4n) is 5.71. The molecule has 5 aromatic rings. The van der Waals surface area contributed by atoms with Crippen LogP contribution in [-0.4, -0.2) is 12.1 Å². The summed E-state index contributed by atoms with van der Waals surface area (Å²) in [7, 11) is 1.68. The van der Waals surface area contributed by atoms with E-state index in [0.717, 1.165) is 56.0 Å². The molecule has 3 heterocycles. The molecule has 0 spiro atoms. The maximum Gasteiger partial charge on any atom is 0.123 e. The molecule has 0 radical (unpaired) electrons. The molecule has 2 aliphatic rings. The van der Waals surface area contributed by atoms with Gasteiger partial charge in [0.05, 0.1) is 7.11 Å². The van der Waals surface area contributed by atoms with E-state index < -0.39 is 0 Å². The van der Waals surface area contributed by atoms with Gasteiger partial charge in [-0.15, -0.1) is 0 Å². The third-order valence-corrected chi connectivity index (χ3v) is 7.55. The topological polar surface area (TPSA) is 28.3 Å². The molecule has 36 heavy (non-hydrogen) atoms. The van der Waals surface area contributed by atoms with Crippen molar-refractivity contribution < 1.29 is 9.13 Å². The van der Waals surface area contributed by atoms with Crippen LogP contribution in [0.4, 0.5) is 10.1 Å². The van der Waals surface area contributed by atoms with Gasteiger partial charge in [0.2, 0.25) is 0 Å². The maximum absolute atomic E-state index is 14.7. The molecule has 7 rings (SSSR count). The monoisotopic (exact) mass is 492 g/mol. The van der Waals surface area contributed by atoms with E-state index in [2.05, 4.69) is 46.3 Å². The van der Waals surface area contributed by atoms with Gasteiger partial charge in [-0.25, -0.2) is 4.39 Å². The average molecular weight is 493 g/mol. The van der Waals surface area contributed by atoms with Crippen LogP contribution in [-0.2, 0) is 6.42 Å². The lowest BCUT2D eigenvalue weighted by Crippen LogP contribution is -2.31. The zero-order valence-electron chi connectivity index (χ0n) is 19.6. The third-order valence-electron chi connectivity index (χ3n) is 7.31. The van der Waals surface area contributed by atoms with Crippen LogP contribution in [0.1, 0.15) is 39.6 Å². The Labute approximate surface area is 213 Å². The van der Waals surface area contributed by atoms with Crippen LogP contribution in [0, 0.1) is 5.82 Å². The number of ether oxygens (including phenoxy) is 1. The van der Waals surface area contributed by atoms with Crippen molar-refractivity contribution in [3.05, 3.63) is 129 Å². The van der Waals surface area contributed by atoms with Crippen molar-refractivity contribution in [3.8, 4) is 5.75 Å². The average Bonchev–Trinajstić information content (AvgIpc) is 3.18. The molecule has 4 aromatic carbocycles. The van der Waals surface area contributed by atoms with E-state index in [-0.39, 0.29) is 11.9 Å². The number of benzene rings is 4. The van der Waals surface area contributed by atoms with Crippen molar-refractivity contribution in [2.24, 2.45) is 0 Å². The number of nitrogens with zero attached hydrogens (tertiary/aromatic N) is 1. The van der Waals surface area contributed by atoms with Crippen LogP contribution >= 0.6 is 11.6 Å². The molecule has 1 atom stereocenters. The molecule has 5 heteroatoms. The Morgan fingerprint density at radius 2 is 1.83 bits per heavy atom. The number of anilines is 1. The van der Waals surface area contributed by atoms with E-state index in [1.54, 1.807) is 13.2 Å². The summed E-state index contributed by atoms with van der Waals surface area (Å²) in [5, 5.41) is 1.80. The predicted molar refractivity (Wildman–Crippen MR) is 144 cm³/mol. The van der Waals surface area contributed by atoms with Gasteiger partial charge in [0.15, 0.2) is 0 Å². The summed E-state index contributed by atoms with van der Waals surface area (Å²) < 4.78 is 20.3. The van der Waals surface area contributed by atoms with Crippen molar-refractivity contribution in [2.45, 2.75) is 12.5 Å². The van der Waals surface area contributed by atoms with Crippen molar-refractivity contribution >= 4 is 40.0 Å². The summed E-state index contributed by atoms with van der Waals surface area (Å²) >= 11 is 6.52. The highest BCUT2D eigenvalue weighted by atomic mass is 35.5. The van der Waals surface area contributed by atoms with Crippen LogP contribution in [0.2, 0.25) is 5.02 Å². The SMILES string of the molecule is COc1ccc2[nH]c3c(c2c1)Cc1cc(Cl)ccc1N1C(c2ccccc2)=Cc2ccc(F)cc2C31. The fraction of sp³-hybridized carbons (Fsp3) is 0.0968. The van der Waals surface area contributed by atoms with Gasteiger partial charge < -0.3 is 14.6 Å². The Morgan fingerprint density at radius 3 is 2.67 bits per heavy atom. The highest BCUT2D eigenvalue weighted by Gasteiger charge is 2.38. The van der Waals surface area contributed by atoms with E-state index in [9.17, 15) is 4.39 Å². The first-order chi connectivity index (χ1) is 17.6. The van der Waals surface area contributed by atoms with Gasteiger partial charge >= 0.3 is 0 Å². The number of halogens is 2. The Morgan fingerprint density at radius 1 is 0.972 bits per heavy atom. The lowest BCUT2D eigenvalue weighted by atomic mass is 9.88. The van der Waals surface area contributed by atoms with Gasteiger partial charge in [-0.3, -0.25) is 0 Å². The minimum absolute atomic E-state index is 0.244. The predicted octanol–water partition coefficient (Wildman–Crippen LogP) is 7.98. The second kappa shape index (κ2) is 8.00. The molecule has 1 N–H and O–H groups in total. The zero-order valence-corrected chi connectivity index (χ0v) is 20.3. The largest absolute Gasteiger partial charge is 0.497 e. The zero-order chi connectivity index (χ0) is 24.4. The number of methoxy groups -OCH3 is 1. The minimum atomic E-state index is -0.245. The van der Waals surface area contributed by atoms with E-state index in [1.165, 1.54) is 11.6 Å². The lowest BCUT2D eigenvalue weighted by Gasteiger charge is -2.39. The smallest absolute Gasteiger partial charge is 0.123 e. The third kappa shape index (κ3) is 3.18. The first kappa shape index (κ1) is 21.3. The molecule has 3 nitrogen and oxygen atoms in total. The van der Waals surface area contributed by atoms with E-state index in [0.29, 0.717) is 11.4 Å². The number of hydrogen-bond acceptors (Lipinski definition) is 2. The van der Waals surface area contributed by atoms with Crippen LogP contribution < -0.4 is 9.64 Å². The van der Waals surface area contributed by atoms with Gasteiger partial charge in [-0.1, -0.05) is 48.0 Å². The highest BCUT2D eigenvalue weighted by molar-refractivity contribution is 6.30. The molecule has 0 bridgehead atoms. The Bertz CT molecular complexity index is 1690. The summed E-state index contributed by atoms with van der Waals surface area (Å²) in [6.07, 6.45) is 2.85. The quantitative estimate of drug-likeness (QED) is 0.270. The summed E-state index contributed by atoms with van der Waals surface area (Å²) in [6.45, 7) is 0. The number of hydrogen-bond donors (Lipinski definition) is 1. The standard InChI is InChI=1S/C31H22ClFN2O/c1-36-23-10-11-27-25(17-23)26-14-20-13-21(32)8-12-28(20)35-29(18-5-3-2-4-6-18)15-19-7-9-22(33)16-24(19)31(35)30(26)34-27/h2-13,15-17,31,34H,14H2,1H3. The van der Waals surface area contributed by atoms with Crippen molar-refractivity contribution in [2.75, 3.05) is 12.0 Å². The van der Waals surface area contributed by atoms with Crippen LogP contribution in [0.3, 0.4) is 0 Å². The van der Waals surface area contributed by atoms with Gasteiger partial charge in [-0.05, 0) is 82.4 Å². The Hall–Kier alpha value is -4.02. The molecule has 0 amide bonds. The van der Waals surface area contributed by atoms with Crippen LogP contribution in [0.25, 0.3) is 22.7 Å². The molecule has 176 valence electrons. The van der Waals surface area contributed by atoms with Crippen molar-refractivity contribution in [3.63, 3.8) is 0 Å².